The molecule has 0 saturated carbocycles. The second kappa shape index (κ2) is 7.05. The van der Waals surface area contributed by atoms with Crippen molar-refractivity contribution in [2.45, 2.75) is 6.54 Å². The van der Waals surface area contributed by atoms with Crippen LogP contribution in [0.2, 0.25) is 5.02 Å². The topological polar surface area (TPSA) is 104 Å². The molecule has 4 aromatic heterocycles. The van der Waals surface area contributed by atoms with Gasteiger partial charge in [-0.25, -0.2) is 9.97 Å². The van der Waals surface area contributed by atoms with Crippen molar-refractivity contribution in [3.05, 3.63) is 87.2 Å². The van der Waals surface area contributed by atoms with Crippen LogP contribution in [0.25, 0.3) is 11.0 Å². The van der Waals surface area contributed by atoms with E-state index in [0.29, 0.717) is 39.5 Å². The first-order chi connectivity index (χ1) is 13.1. The van der Waals surface area contributed by atoms with Crippen LogP contribution >= 0.6 is 11.6 Å². The second-order valence-corrected chi connectivity index (χ2v) is 6.36. The van der Waals surface area contributed by atoms with E-state index in [0.717, 1.165) is 5.56 Å². The number of hydrogen-bond donors (Lipinski definition) is 3. The number of carbonyl (C=O) groups is 1. The molecule has 134 valence electrons. The maximum absolute atomic E-state index is 12.8. The van der Waals surface area contributed by atoms with E-state index in [1.54, 1.807) is 36.7 Å². The summed E-state index contributed by atoms with van der Waals surface area (Å²) in [7, 11) is 0. The average molecular weight is 380 g/mol. The van der Waals surface area contributed by atoms with Crippen LogP contribution in [-0.2, 0) is 6.54 Å². The van der Waals surface area contributed by atoms with Crippen molar-refractivity contribution in [1.29, 1.82) is 0 Å². The summed E-state index contributed by atoms with van der Waals surface area (Å²) in [4.78, 5) is 37.9. The van der Waals surface area contributed by atoms with Gasteiger partial charge in [-0.2, -0.15) is 0 Å². The third kappa shape index (κ3) is 3.58. The van der Waals surface area contributed by atoms with E-state index in [4.69, 9.17) is 11.6 Å². The van der Waals surface area contributed by atoms with E-state index in [2.05, 4.69) is 25.3 Å². The summed E-state index contributed by atoms with van der Waals surface area (Å²) < 4.78 is 0. The number of H-pyrrole nitrogens is 2. The van der Waals surface area contributed by atoms with E-state index < -0.39 is 0 Å². The van der Waals surface area contributed by atoms with Crippen molar-refractivity contribution in [3.63, 3.8) is 0 Å². The molecule has 4 heterocycles. The van der Waals surface area contributed by atoms with Gasteiger partial charge >= 0.3 is 0 Å². The van der Waals surface area contributed by atoms with Crippen molar-refractivity contribution >= 4 is 34.2 Å². The maximum Gasteiger partial charge on any atom is 0.247 e. The van der Waals surface area contributed by atoms with Gasteiger partial charge in [0.2, 0.25) is 5.56 Å². The minimum atomic E-state index is -0.162. The van der Waals surface area contributed by atoms with Crippen molar-refractivity contribution in [2.75, 3.05) is 5.32 Å². The fourth-order valence-electron chi connectivity index (χ4n) is 2.70. The molecule has 0 amide bonds. The number of nitrogens with one attached hydrogen (secondary N) is 3. The van der Waals surface area contributed by atoms with E-state index in [1.807, 2.05) is 0 Å². The minimum Gasteiger partial charge on any atom is -0.366 e. The van der Waals surface area contributed by atoms with Gasteiger partial charge in [-0.15, -0.1) is 0 Å². The van der Waals surface area contributed by atoms with E-state index in [1.165, 1.54) is 18.5 Å². The van der Waals surface area contributed by atoms with Gasteiger partial charge in [-0.1, -0.05) is 17.7 Å². The highest BCUT2D eigenvalue weighted by Crippen LogP contribution is 2.22. The molecule has 0 aliphatic carbocycles. The Morgan fingerprint density at radius 3 is 2.70 bits per heavy atom. The van der Waals surface area contributed by atoms with Crippen LogP contribution in [-0.4, -0.2) is 25.7 Å². The lowest BCUT2D eigenvalue weighted by Crippen LogP contribution is -2.07. The van der Waals surface area contributed by atoms with Crippen molar-refractivity contribution < 1.29 is 4.79 Å². The first-order valence-electron chi connectivity index (χ1n) is 8.15. The predicted octanol–water partition coefficient (Wildman–Crippen LogP) is 3.14. The van der Waals surface area contributed by atoms with Gasteiger partial charge in [0.15, 0.2) is 5.78 Å². The maximum atomic E-state index is 12.8. The quantitative estimate of drug-likeness (QED) is 0.462. The third-order valence-corrected chi connectivity index (χ3v) is 4.30. The summed E-state index contributed by atoms with van der Waals surface area (Å²) in [6.07, 6.45) is 6.31. The second-order valence-electron chi connectivity index (χ2n) is 5.93. The van der Waals surface area contributed by atoms with Crippen LogP contribution in [0.1, 0.15) is 21.5 Å². The molecule has 0 aromatic carbocycles. The first-order valence-corrected chi connectivity index (χ1v) is 8.53. The van der Waals surface area contributed by atoms with Gasteiger partial charge in [0.05, 0.1) is 5.02 Å². The van der Waals surface area contributed by atoms with E-state index in [-0.39, 0.29) is 11.3 Å². The zero-order valence-electron chi connectivity index (χ0n) is 14.0. The number of aromatic nitrogens is 4. The van der Waals surface area contributed by atoms with Gasteiger partial charge in [0.25, 0.3) is 0 Å². The smallest absolute Gasteiger partial charge is 0.247 e. The summed E-state index contributed by atoms with van der Waals surface area (Å²) in [5.74, 6) is 0.464. The number of hydrogen-bond acceptors (Lipinski definition) is 5. The van der Waals surface area contributed by atoms with Gasteiger partial charge < -0.3 is 15.3 Å². The number of nitrogens with zero attached hydrogens (tertiary/aromatic N) is 2. The number of anilines is 1. The van der Waals surface area contributed by atoms with Crippen LogP contribution in [0, 0.1) is 0 Å². The monoisotopic (exact) mass is 379 g/mol. The normalized spacial score (nSPS) is 10.9. The van der Waals surface area contributed by atoms with Gasteiger partial charge in [0, 0.05) is 53.9 Å². The molecule has 0 bridgehead atoms. The number of pyridine rings is 3. The van der Waals surface area contributed by atoms with Crippen molar-refractivity contribution in [1.82, 2.24) is 19.9 Å². The number of rotatable bonds is 5. The molecule has 4 aromatic rings. The molecule has 0 spiro atoms. The fourth-order valence-corrected chi connectivity index (χ4v) is 2.86. The lowest BCUT2D eigenvalue weighted by Gasteiger charge is -2.06. The van der Waals surface area contributed by atoms with Crippen LogP contribution in [0.4, 0.5) is 5.82 Å². The zero-order valence-corrected chi connectivity index (χ0v) is 14.7. The molecule has 0 radical (unpaired) electrons. The Morgan fingerprint density at radius 2 is 1.96 bits per heavy atom. The average Bonchev–Trinajstić information content (AvgIpc) is 3.10. The molecule has 0 fully saturated rings. The Bertz CT molecular complexity index is 1160. The lowest BCUT2D eigenvalue weighted by atomic mass is 10.1. The molecule has 7 nitrogen and oxygen atoms in total. The van der Waals surface area contributed by atoms with Crippen molar-refractivity contribution in [2.24, 2.45) is 0 Å². The van der Waals surface area contributed by atoms with Crippen LogP contribution in [0.3, 0.4) is 0 Å². The Hall–Kier alpha value is -3.45. The standard InChI is InChI=1S/C19H14ClN5O2/c20-13-5-14-15(10-25-19(14)24-9-13)18(27)12-2-3-16(22-8-12)21-6-11-1-4-17(26)23-7-11/h1-5,7-10H,6H2,(H,21,22)(H,23,26)(H,24,25). The molecule has 8 heteroatoms. The highest BCUT2D eigenvalue weighted by molar-refractivity contribution is 6.31. The molecule has 3 N–H and O–H groups in total. The van der Waals surface area contributed by atoms with E-state index in [9.17, 15) is 9.59 Å². The van der Waals surface area contributed by atoms with E-state index >= 15 is 0 Å². The predicted molar refractivity (Wildman–Crippen MR) is 103 cm³/mol. The number of carbonyl (C=O) groups excluding carboxylic acids is 1. The Kier molecular flexibility index (Phi) is 4.43. The Morgan fingerprint density at radius 1 is 1.07 bits per heavy atom. The van der Waals surface area contributed by atoms with Crippen molar-refractivity contribution in [3.8, 4) is 0 Å². The molecular weight excluding hydrogens is 366 g/mol. The summed E-state index contributed by atoms with van der Waals surface area (Å²) in [6.45, 7) is 0.504. The fraction of sp³-hybridized carbons (Fsp3) is 0.0526. The lowest BCUT2D eigenvalue weighted by molar-refractivity contribution is 0.104. The van der Waals surface area contributed by atoms with Gasteiger partial charge in [-0.3, -0.25) is 9.59 Å². The molecule has 0 aliphatic rings. The third-order valence-electron chi connectivity index (χ3n) is 4.09. The highest BCUT2D eigenvalue weighted by atomic mass is 35.5. The summed E-state index contributed by atoms with van der Waals surface area (Å²) in [5.41, 5.74) is 2.34. The summed E-state index contributed by atoms with van der Waals surface area (Å²) in [5, 5.41) is 4.28. The van der Waals surface area contributed by atoms with Crippen LogP contribution in [0.5, 0.6) is 0 Å². The molecule has 0 unspecified atom stereocenters. The molecule has 0 saturated heterocycles. The Balaban J connectivity index is 1.51. The number of fused-ring (bicyclic) bond motifs is 1. The van der Waals surface area contributed by atoms with Gasteiger partial charge in [0.1, 0.15) is 11.5 Å². The number of aromatic amines is 2. The minimum absolute atomic E-state index is 0.145. The van der Waals surface area contributed by atoms with Gasteiger partial charge in [-0.05, 0) is 23.8 Å². The molecule has 4 rings (SSSR count). The number of ketones is 1. The van der Waals surface area contributed by atoms with Crippen LogP contribution in [0.15, 0.2) is 59.9 Å². The molecule has 0 atom stereocenters. The Labute approximate surface area is 158 Å². The molecular formula is C19H14ClN5O2. The zero-order chi connectivity index (χ0) is 18.8. The first kappa shape index (κ1) is 17.0. The number of halogens is 1. The van der Waals surface area contributed by atoms with Crippen LogP contribution < -0.4 is 10.9 Å². The largest absolute Gasteiger partial charge is 0.366 e. The SMILES string of the molecule is O=C(c1ccc(NCc2ccc(=O)[nH]c2)nc1)c1c[nH]c2ncc(Cl)cc12. The molecule has 0 aliphatic heterocycles. The summed E-state index contributed by atoms with van der Waals surface area (Å²) in [6, 6.07) is 8.36. The highest BCUT2D eigenvalue weighted by Gasteiger charge is 2.15. The summed E-state index contributed by atoms with van der Waals surface area (Å²) >= 11 is 5.99. The molecule has 27 heavy (non-hydrogen) atoms.